The summed E-state index contributed by atoms with van der Waals surface area (Å²) in [6.07, 6.45) is 10.6. The smallest absolute Gasteiger partial charge is 0.0725 e. The highest BCUT2D eigenvalue weighted by Gasteiger charge is 2.17. The Hall–Kier alpha value is -2.16. The SMILES string of the molecule is C=Cc1cc(-c2ccc(C(C)C)nc2)ncc1N(C)C(CCC)CCC. The third-order valence-corrected chi connectivity index (χ3v) is 4.98. The van der Waals surface area contributed by atoms with Crippen molar-refractivity contribution < 1.29 is 0 Å². The Labute approximate surface area is 159 Å². The van der Waals surface area contributed by atoms with Crippen LogP contribution in [0.15, 0.2) is 37.2 Å². The Kier molecular flexibility index (Phi) is 7.38. The fraction of sp³-hybridized carbons (Fsp3) is 0.478. The van der Waals surface area contributed by atoms with Crippen LogP contribution in [0, 0.1) is 0 Å². The molecule has 0 saturated carbocycles. The Bertz CT molecular complexity index is 698. The zero-order valence-corrected chi connectivity index (χ0v) is 17.0. The van der Waals surface area contributed by atoms with Gasteiger partial charge in [0.1, 0.15) is 0 Å². The Morgan fingerprint density at radius 3 is 2.27 bits per heavy atom. The molecule has 0 spiro atoms. The molecule has 2 aromatic rings. The van der Waals surface area contributed by atoms with Gasteiger partial charge in [0.15, 0.2) is 0 Å². The number of rotatable bonds is 9. The average molecular weight is 352 g/mol. The predicted molar refractivity (Wildman–Crippen MR) is 114 cm³/mol. The van der Waals surface area contributed by atoms with Crippen molar-refractivity contribution in [1.82, 2.24) is 9.97 Å². The van der Waals surface area contributed by atoms with Gasteiger partial charge in [0.25, 0.3) is 0 Å². The topological polar surface area (TPSA) is 29.0 Å². The minimum absolute atomic E-state index is 0.436. The fourth-order valence-corrected chi connectivity index (χ4v) is 3.37. The summed E-state index contributed by atoms with van der Waals surface area (Å²) in [5, 5.41) is 0. The lowest BCUT2D eigenvalue weighted by molar-refractivity contribution is 0.527. The molecule has 0 N–H and O–H groups in total. The van der Waals surface area contributed by atoms with E-state index in [1.165, 1.54) is 25.7 Å². The van der Waals surface area contributed by atoms with Gasteiger partial charge in [0.05, 0.1) is 17.6 Å². The Morgan fingerprint density at radius 2 is 1.77 bits per heavy atom. The zero-order chi connectivity index (χ0) is 19.1. The first-order valence-electron chi connectivity index (χ1n) is 9.83. The van der Waals surface area contributed by atoms with E-state index in [0.717, 1.165) is 28.2 Å². The van der Waals surface area contributed by atoms with Gasteiger partial charge in [-0.25, -0.2) is 0 Å². The molecular weight excluding hydrogens is 318 g/mol. The maximum Gasteiger partial charge on any atom is 0.0725 e. The van der Waals surface area contributed by atoms with Gasteiger partial charge in [0, 0.05) is 36.1 Å². The van der Waals surface area contributed by atoms with Crippen LogP contribution in [0.2, 0.25) is 0 Å². The first-order chi connectivity index (χ1) is 12.5. The van der Waals surface area contributed by atoms with Crippen LogP contribution in [0.5, 0.6) is 0 Å². The highest BCUT2D eigenvalue weighted by Crippen LogP contribution is 2.29. The van der Waals surface area contributed by atoms with Crippen LogP contribution in [0.1, 0.15) is 70.6 Å². The maximum atomic E-state index is 4.73. The molecular formula is C23H33N3. The maximum absolute atomic E-state index is 4.73. The van der Waals surface area contributed by atoms with E-state index in [9.17, 15) is 0 Å². The molecule has 2 heterocycles. The molecule has 26 heavy (non-hydrogen) atoms. The van der Waals surface area contributed by atoms with Gasteiger partial charge >= 0.3 is 0 Å². The summed E-state index contributed by atoms with van der Waals surface area (Å²) in [5.41, 5.74) is 5.38. The molecule has 0 aromatic carbocycles. The zero-order valence-electron chi connectivity index (χ0n) is 17.0. The molecule has 0 amide bonds. The molecule has 140 valence electrons. The summed E-state index contributed by atoms with van der Waals surface area (Å²) in [4.78, 5) is 11.7. The molecule has 3 heteroatoms. The summed E-state index contributed by atoms with van der Waals surface area (Å²) in [6.45, 7) is 12.8. The van der Waals surface area contributed by atoms with Crippen LogP contribution < -0.4 is 4.90 Å². The lowest BCUT2D eigenvalue weighted by Crippen LogP contribution is -2.32. The first-order valence-corrected chi connectivity index (χ1v) is 9.83. The minimum atomic E-state index is 0.436. The molecule has 0 aliphatic rings. The van der Waals surface area contributed by atoms with E-state index in [-0.39, 0.29) is 0 Å². The summed E-state index contributed by atoms with van der Waals surface area (Å²) >= 11 is 0. The second-order valence-electron chi connectivity index (χ2n) is 7.30. The van der Waals surface area contributed by atoms with E-state index >= 15 is 0 Å². The quantitative estimate of drug-likeness (QED) is 0.529. The van der Waals surface area contributed by atoms with E-state index in [2.05, 4.69) is 69.4 Å². The van der Waals surface area contributed by atoms with Crippen molar-refractivity contribution in [1.29, 1.82) is 0 Å². The van der Waals surface area contributed by atoms with Crippen LogP contribution >= 0.6 is 0 Å². The summed E-state index contributed by atoms with van der Waals surface area (Å²) in [6, 6.07) is 6.87. The standard InChI is InChI=1S/C23H33N3/c1-7-10-20(11-8-2)26(6)23-16-25-22(14-18(23)9-3)19-12-13-21(17(4)5)24-15-19/h9,12-17,20H,3,7-8,10-11H2,1-2,4-6H3. The number of hydrogen-bond acceptors (Lipinski definition) is 3. The van der Waals surface area contributed by atoms with Gasteiger partial charge in [-0.05, 0) is 37.0 Å². The molecule has 0 radical (unpaired) electrons. The van der Waals surface area contributed by atoms with Crippen LogP contribution in [0.3, 0.4) is 0 Å². The number of pyridine rings is 2. The number of hydrogen-bond donors (Lipinski definition) is 0. The Morgan fingerprint density at radius 1 is 1.08 bits per heavy atom. The van der Waals surface area contributed by atoms with Gasteiger partial charge in [-0.3, -0.25) is 9.97 Å². The molecule has 0 bridgehead atoms. The monoisotopic (exact) mass is 351 g/mol. The van der Waals surface area contributed by atoms with Crippen LogP contribution in [-0.4, -0.2) is 23.1 Å². The van der Waals surface area contributed by atoms with E-state index in [0.29, 0.717) is 12.0 Å². The van der Waals surface area contributed by atoms with Crippen LogP contribution in [0.25, 0.3) is 17.3 Å². The van der Waals surface area contributed by atoms with Crippen molar-refractivity contribution in [2.45, 2.75) is 65.3 Å². The van der Waals surface area contributed by atoms with Crippen molar-refractivity contribution in [2.24, 2.45) is 0 Å². The molecule has 2 aromatic heterocycles. The summed E-state index contributed by atoms with van der Waals surface area (Å²) < 4.78 is 0. The van der Waals surface area contributed by atoms with Gasteiger partial charge in [-0.15, -0.1) is 0 Å². The van der Waals surface area contributed by atoms with Crippen LogP contribution in [0.4, 0.5) is 5.69 Å². The number of nitrogens with zero attached hydrogens (tertiary/aromatic N) is 3. The lowest BCUT2D eigenvalue weighted by Gasteiger charge is -2.31. The third-order valence-electron chi connectivity index (χ3n) is 4.98. The van der Waals surface area contributed by atoms with E-state index in [1.807, 2.05) is 18.5 Å². The molecule has 0 saturated heterocycles. The van der Waals surface area contributed by atoms with Crippen molar-refractivity contribution in [3.8, 4) is 11.3 Å². The minimum Gasteiger partial charge on any atom is -0.370 e. The van der Waals surface area contributed by atoms with Crippen molar-refractivity contribution in [3.63, 3.8) is 0 Å². The van der Waals surface area contributed by atoms with Gasteiger partial charge < -0.3 is 4.90 Å². The number of anilines is 1. The summed E-state index contributed by atoms with van der Waals surface area (Å²) in [7, 11) is 2.18. The largest absolute Gasteiger partial charge is 0.370 e. The van der Waals surface area contributed by atoms with Crippen molar-refractivity contribution in [3.05, 3.63) is 48.4 Å². The normalized spacial score (nSPS) is 11.2. The molecule has 2 rings (SSSR count). The molecule has 3 nitrogen and oxygen atoms in total. The van der Waals surface area contributed by atoms with Crippen molar-refractivity contribution >= 4 is 11.8 Å². The van der Waals surface area contributed by atoms with Gasteiger partial charge in [-0.2, -0.15) is 0 Å². The van der Waals surface area contributed by atoms with E-state index in [4.69, 9.17) is 4.98 Å². The summed E-state index contributed by atoms with van der Waals surface area (Å²) in [5.74, 6) is 0.436. The molecule has 0 aliphatic heterocycles. The second-order valence-corrected chi connectivity index (χ2v) is 7.30. The third kappa shape index (κ3) is 4.72. The van der Waals surface area contributed by atoms with Gasteiger partial charge in [-0.1, -0.05) is 53.2 Å². The fourth-order valence-electron chi connectivity index (χ4n) is 3.37. The number of aromatic nitrogens is 2. The van der Waals surface area contributed by atoms with Gasteiger partial charge in [0.2, 0.25) is 0 Å². The molecule has 0 unspecified atom stereocenters. The molecule has 0 fully saturated rings. The molecule has 0 aliphatic carbocycles. The lowest BCUT2D eigenvalue weighted by atomic mass is 10.0. The average Bonchev–Trinajstić information content (AvgIpc) is 2.66. The van der Waals surface area contributed by atoms with Crippen LogP contribution in [-0.2, 0) is 0 Å². The molecule has 0 atom stereocenters. The van der Waals surface area contributed by atoms with E-state index in [1.54, 1.807) is 0 Å². The first kappa shape index (κ1) is 20.2. The van der Waals surface area contributed by atoms with Crippen molar-refractivity contribution in [2.75, 3.05) is 11.9 Å². The second kappa shape index (κ2) is 9.51. The highest BCUT2D eigenvalue weighted by atomic mass is 15.1. The Balaban J connectivity index is 2.32. The van der Waals surface area contributed by atoms with E-state index < -0.39 is 0 Å². The highest BCUT2D eigenvalue weighted by molar-refractivity contribution is 5.72. The predicted octanol–water partition coefficient (Wildman–Crippen LogP) is 6.32.